The summed E-state index contributed by atoms with van der Waals surface area (Å²) in [4.78, 5) is -0.454. The third kappa shape index (κ3) is 5.23. The minimum Gasteiger partial charge on any atom is -0.404 e. The summed E-state index contributed by atoms with van der Waals surface area (Å²) in [7, 11) is -2.19. The zero-order valence-corrected chi connectivity index (χ0v) is 14.7. The van der Waals surface area contributed by atoms with Crippen molar-refractivity contribution in [1.82, 2.24) is 9.62 Å². The first-order valence-electron chi connectivity index (χ1n) is 7.23. The number of hydrogen-bond donors (Lipinski definition) is 1. The lowest BCUT2D eigenvalue weighted by atomic mass is 9.98. The van der Waals surface area contributed by atoms with Crippen LogP contribution in [-0.4, -0.2) is 45.8 Å². The fourth-order valence-corrected chi connectivity index (χ4v) is 4.24. The normalized spacial score (nSPS) is 17.3. The highest BCUT2D eigenvalue weighted by atomic mass is 35.5. The molecular weight excluding hydrogens is 369 g/mol. The first-order chi connectivity index (χ1) is 10.7. The lowest BCUT2D eigenvalue weighted by Gasteiger charge is -2.31. The van der Waals surface area contributed by atoms with Gasteiger partial charge in [0.15, 0.2) is 0 Å². The Balaban J connectivity index is 0.00000288. The SMILES string of the molecule is CNCC1CCN(S(=O)(=O)c2ccccc2OC(F)(F)F)CC1.Cl. The predicted octanol–water partition coefficient (Wildman–Crippen LogP) is 2.63. The molecule has 0 aromatic heterocycles. The molecule has 0 atom stereocenters. The highest BCUT2D eigenvalue weighted by Gasteiger charge is 2.36. The smallest absolute Gasteiger partial charge is 0.404 e. The Morgan fingerprint density at radius 1 is 1.25 bits per heavy atom. The Morgan fingerprint density at radius 2 is 1.83 bits per heavy atom. The quantitative estimate of drug-likeness (QED) is 0.842. The molecule has 1 aromatic carbocycles. The summed E-state index contributed by atoms with van der Waals surface area (Å²) in [5.41, 5.74) is 0. The number of sulfonamides is 1. The van der Waals surface area contributed by atoms with E-state index in [1.54, 1.807) is 0 Å². The van der Waals surface area contributed by atoms with Gasteiger partial charge in [-0.1, -0.05) is 12.1 Å². The van der Waals surface area contributed by atoms with Crippen molar-refractivity contribution in [2.24, 2.45) is 5.92 Å². The number of benzene rings is 1. The number of alkyl halides is 3. The van der Waals surface area contributed by atoms with E-state index in [1.807, 2.05) is 7.05 Å². The summed E-state index contributed by atoms with van der Waals surface area (Å²) in [6.07, 6.45) is -3.60. The van der Waals surface area contributed by atoms with Crippen molar-refractivity contribution in [3.05, 3.63) is 24.3 Å². The molecule has 1 N–H and O–H groups in total. The largest absolute Gasteiger partial charge is 0.573 e. The monoisotopic (exact) mass is 388 g/mol. The molecule has 0 amide bonds. The van der Waals surface area contributed by atoms with E-state index >= 15 is 0 Å². The maximum Gasteiger partial charge on any atom is 0.573 e. The van der Waals surface area contributed by atoms with Gasteiger partial charge in [0.25, 0.3) is 0 Å². The van der Waals surface area contributed by atoms with Crippen LogP contribution in [0.25, 0.3) is 0 Å². The highest BCUT2D eigenvalue weighted by molar-refractivity contribution is 7.89. The summed E-state index contributed by atoms with van der Waals surface area (Å²) in [6, 6.07) is 4.83. The van der Waals surface area contributed by atoms with Crippen molar-refractivity contribution in [3.8, 4) is 5.75 Å². The maximum absolute atomic E-state index is 12.6. The second kappa shape index (κ2) is 8.37. The molecule has 0 saturated carbocycles. The van der Waals surface area contributed by atoms with Crippen molar-refractivity contribution < 1.29 is 26.3 Å². The van der Waals surface area contributed by atoms with Gasteiger partial charge in [-0.2, -0.15) is 4.31 Å². The van der Waals surface area contributed by atoms with E-state index in [9.17, 15) is 21.6 Å². The Kier molecular flexibility index (Phi) is 7.33. The van der Waals surface area contributed by atoms with E-state index in [1.165, 1.54) is 16.4 Å². The van der Waals surface area contributed by atoms with Crippen LogP contribution in [0.1, 0.15) is 12.8 Å². The first kappa shape index (κ1) is 21.0. The molecule has 10 heteroatoms. The molecule has 2 rings (SSSR count). The number of ether oxygens (including phenoxy) is 1. The highest BCUT2D eigenvalue weighted by Crippen LogP contribution is 2.32. The average molecular weight is 389 g/mol. The second-order valence-electron chi connectivity index (χ2n) is 5.40. The minimum atomic E-state index is -4.94. The van der Waals surface area contributed by atoms with Crippen LogP contribution >= 0.6 is 12.4 Å². The summed E-state index contributed by atoms with van der Waals surface area (Å²) < 4.78 is 67.7. The van der Waals surface area contributed by atoms with Crippen molar-refractivity contribution in [1.29, 1.82) is 0 Å². The molecule has 1 fully saturated rings. The molecule has 1 aromatic rings. The molecule has 24 heavy (non-hydrogen) atoms. The molecule has 0 bridgehead atoms. The third-order valence-corrected chi connectivity index (χ3v) is 5.70. The lowest BCUT2D eigenvalue weighted by molar-refractivity contribution is -0.275. The van der Waals surface area contributed by atoms with Crippen molar-refractivity contribution in [2.75, 3.05) is 26.7 Å². The molecule has 5 nitrogen and oxygen atoms in total. The summed E-state index contributed by atoms with van der Waals surface area (Å²) >= 11 is 0. The standard InChI is InChI=1S/C14H19F3N2O3S.ClH/c1-18-10-11-6-8-19(9-7-11)23(20,21)13-5-3-2-4-12(13)22-14(15,16)17;/h2-5,11,18H,6-10H2,1H3;1H. The van der Waals surface area contributed by atoms with Crippen LogP contribution < -0.4 is 10.1 Å². The average Bonchev–Trinajstić information content (AvgIpc) is 2.47. The third-order valence-electron chi connectivity index (χ3n) is 3.76. The first-order valence-corrected chi connectivity index (χ1v) is 8.67. The lowest BCUT2D eigenvalue weighted by Crippen LogP contribution is -2.40. The molecule has 0 aliphatic carbocycles. The van der Waals surface area contributed by atoms with Crippen LogP contribution in [0, 0.1) is 5.92 Å². The fraction of sp³-hybridized carbons (Fsp3) is 0.571. The summed E-state index contributed by atoms with van der Waals surface area (Å²) in [6.45, 7) is 1.37. The molecular formula is C14H20ClF3N2O3S. The number of para-hydroxylation sites is 1. The minimum absolute atomic E-state index is 0. The molecule has 138 valence electrons. The summed E-state index contributed by atoms with van der Waals surface area (Å²) in [5, 5.41) is 3.04. The fourth-order valence-electron chi connectivity index (χ4n) is 2.65. The van der Waals surface area contributed by atoms with E-state index in [4.69, 9.17) is 0 Å². The number of rotatable bonds is 5. The van der Waals surface area contributed by atoms with Crippen molar-refractivity contribution in [2.45, 2.75) is 24.1 Å². The molecule has 1 saturated heterocycles. The molecule has 1 aliphatic heterocycles. The Morgan fingerprint density at radius 3 is 2.38 bits per heavy atom. The maximum atomic E-state index is 12.6. The van der Waals surface area contributed by atoms with Gasteiger partial charge >= 0.3 is 6.36 Å². The number of nitrogens with zero attached hydrogens (tertiary/aromatic N) is 1. The van der Waals surface area contributed by atoms with Crippen molar-refractivity contribution in [3.63, 3.8) is 0 Å². The van der Waals surface area contributed by atoms with Gasteiger partial charge in [-0.15, -0.1) is 25.6 Å². The van der Waals surface area contributed by atoms with E-state index in [0.29, 0.717) is 18.8 Å². The van der Waals surface area contributed by atoms with Gasteiger partial charge < -0.3 is 10.1 Å². The van der Waals surface area contributed by atoms with E-state index < -0.39 is 27.0 Å². The number of piperidine rings is 1. The Bertz CT molecular complexity index is 632. The zero-order chi connectivity index (χ0) is 17.1. The Labute approximate surface area is 145 Å². The van der Waals surface area contributed by atoms with E-state index in [0.717, 1.165) is 18.7 Å². The molecule has 1 heterocycles. The van der Waals surface area contributed by atoms with Crippen LogP contribution in [0.2, 0.25) is 0 Å². The van der Waals surface area contributed by atoms with Gasteiger partial charge in [-0.3, -0.25) is 0 Å². The van der Waals surface area contributed by atoms with Gasteiger partial charge in [0.05, 0.1) is 0 Å². The Hall–Kier alpha value is -1.03. The van der Waals surface area contributed by atoms with Crippen LogP contribution in [0.4, 0.5) is 13.2 Å². The molecule has 1 aliphatic rings. The molecule has 0 spiro atoms. The topological polar surface area (TPSA) is 58.6 Å². The number of hydrogen-bond acceptors (Lipinski definition) is 4. The number of nitrogens with one attached hydrogen (secondary N) is 1. The number of halogens is 4. The van der Waals surface area contributed by atoms with E-state index in [2.05, 4.69) is 10.1 Å². The van der Waals surface area contributed by atoms with Crippen LogP contribution in [0.5, 0.6) is 5.75 Å². The predicted molar refractivity (Wildman–Crippen MR) is 85.8 cm³/mol. The molecule has 0 radical (unpaired) electrons. The summed E-state index contributed by atoms with van der Waals surface area (Å²) in [5.74, 6) is -0.328. The van der Waals surface area contributed by atoms with Gasteiger partial charge in [-0.25, -0.2) is 8.42 Å². The molecule has 0 unspecified atom stereocenters. The van der Waals surface area contributed by atoms with Crippen LogP contribution in [0.3, 0.4) is 0 Å². The van der Waals surface area contributed by atoms with Gasteiger partial charge in [0, 0.05) is 13.1 Å². The van der Waals surface area contributed by atoms with E-state index in [-0.39, 0.29) is 25.5 Å². The van der Waals surface area contributed by atoms with Crippen molar-refractivity contribution >= 4 is 22.4 Å². The zero-order valence-electron chi connectivity index (χ0n) is 13.0. The van der Waals surface area contributed by atoms with Gasteiger partial charge in [0.2, 0.25) is 10.0 Å². The van der Waals surface area contributed by atoms with Gasteiger partial charge in [0.1, 0.15) is 10.6 Å². The van der Waals surface area contributed by atoms with Gasteiger partial charge in [-0.05, 0) is 44.5 Å². The van der Waals surface area contributed by atoms with Crippen LogP contribution in [-0.2, 0) is 10.0 Å². The van der Waals surface area contributed by atoms with Crippen LogP contribution in [0.15, 0.2) is 29.2 Å². The second-order valence-corrected chi connectivity index (χ2v) is 7.31.